The van der Waals surface area contributed by atoms with Crippen LogP contribution < -0.4 is 0 Å². The molecule has 0 aliphatic heterocycles. The van der Waals surface area contributed by atoms with E-state index in [9.17, 15) is 5.11 Å². The van der Waals surface area contributed by atoms with Crippen LogP contribution in [-0.2, 0) is 5.60 Å². The summed E-state index contributed by atoms with van der Waals surface area (Å²) < 4.78 is 6.07. The van der Waals surface area contributed by atoms with Gasteiger partial charge in [0.25, 0.3) is 0 Å². The molecule has 2 bridgehead atoms. The van der Waals surface area contributed by atoms with Crippen molar-refractivity contribution < 1.29 is 9.52 Å². The molecule has 2 fully saturated rings. The maximum absolute atomic E-state index is 12.6. The van der Waals surface area contributed by atoms with Gasteiger partial charge in [-0.15, -0.1) is 0 Å². The Morgan fingerprint density at radius 2 is 1.51 bits per heavy atom. The van der Waals surface area contributed by atoms with E-state index in [-0.39, 0.29) is 11.8 Å². The minimum absolute atomic E-state index is 0.165. The van der Waals surface area contributed by atoms with Gasteiger partial charge in [-0.25, -0.2) is 0 Å². The molecular formula is C35H32Cl2O2. The van der Waals surface area contributed by atoms with Crippen molar-refractivity contribution in [1.29, 1.82) is 0 Å². The first-order valence-corrected chi connectivity index (χ1v) is 14.8. The monoisotopic (exact) mass is 554 g/mol. The summed E-state index contributed by atoms with van der Waals surface area (Å²) in [6, 6.07) is 26.7. The van der Waals surface area contributed by atoms with E-state index in [4.69, 9.17) is 27.6 Å². The third-order valence-corrected chi connectivity index (χ3v) is 10.0. The molecule has 2 aliphatic rings. The minimum Gasteiger partial charge on any atom is -0.456 e. The number of para-hydroxylation sites is 1. The molecule has 2 saturated carbocycles. The summed E-state index contributed by atoms with van der Waals surface area (Å²) in [7, 11) is 0. The van der Waals surface area contributed by atoms with Gasteiger partial charge in [0.15, 0.2) is 0 Å². The summed E-state index contributed by atoms with van der Waals surface area (Å²) in [6.45, 7) is 4.57. The predicted octanol–water partition coefficient (Wildman–Crippen LogP) is 10.5. The fourth-order valence-electron chi connectivity index (χ4n) is 7.77. The highest BCUT2D eigenvalue weighted by atomic mass is 35.5. The molecule has 198 valence electrons. The Balaban J connectivity index is 1.42. The summed E-state index contributed by atoms with van der Waals surface area (Å²) in [4.78, 5) is 0. The lowest BCUT2D eigenvalue weighted by Gasteiger charge is -2.52. The Bertz CT molecular complexity index is 1720. The minimum atomic E-state index is -0.910. The quantitative estimate of drug-likeness (QED) is 0.240. The van der Waals surface area contributed by atoms with E-state index in [0.717, 1.165) is 69.0 Å². The van der Waals surface area contributed by atoms with Crippen LogP contribution in [0, 0.1) is 23.7 Å². The fraction of sp³-hybridized carbons (Fsp3) is 0.314. The molecule has 5 aromatic rings. The summed E-state index contributed by atoms with van der Waals surface area (Å²) in [5, 5.41) is 16.0. The Morgan fingerprint density at radius 3 is 2.36 bits per heavy atom. The average Bonchev–Trinajstić information content (AvgIpc) is 3.29. The molecule has 2 nitrogen and oxygen atoms in total. The number of rotatable bonds is 3. The molecular weight excluding hydrogens is 523 g/mol. The Morgan fingerprint density at radius 1 is 0.744 bits per heavy atom. The summed E-state index contributed by atoms with van der Waals surface area (Å²) in [5.41, 5.74) is 5.90. The van der Waals surface area contributed by atoms with Crippen LogP contribution >= 0.6 is 23.2 Å². The molecule has 1 heterocycles. The lowest BCUT2D eigenvalue weighted by Crippen LogP contribution is -2.49. The van der Waals surface area contributed by atoms with Crippen LogP contribution in [0.4, 0.5) is 0 Å². The number of fused-ring (bicyclic) bond motifs is 5. The summed E-state index contributed by atoms with van der Waals surface area (Å²) in [5.74, 6) is 1.73. The van der Waals surface area contributed by atoms with Crippen molar-refractivity contribution in [1.82, 2.24) is 0 Å². The first kappa shape index (κ1) is 25.2. The van der Waals surface area contributed by atoms with E-state index in [2.05, 4.69) is 50.2 Å². The largest absolute Gasteiger partial charge is 0.456 e. The highest BCUT2D eigenvalue weighted by Gasteiger charge is 2.51. The van der Waals surface area contributed by atoms with Gasteiger partial charge < -0.3 is 9.52 Å². The number of hydrogen-bond donors (Lipinski definition) is 1. The van der Waals surface area contributed by atoms with Gasteiger partial charge in [-0.3, -0.25) is 0 Å². The number of halogens is 2. The third-order valence-electron chi connectivity index (χ3n) is 9.48. The average molecular weight is 556 g/mol. The van der Waals surface area contributed by atoms with Crippen molar-refractivity contribution in [3.8, 4) is 22.3 Å². The van der Waals surface area contributed by atoms with Crippen molar-refractivity contribution in [2.24, 2.45) is 23.7 Å². The second kappa shape index (κ2) is 9.41. The molecule has 0 spiro atoms. The molecule has 0 radical (unpaired) electrons. The standard InChI is InChI=1S/C35H32Cl2O2/c1-20-13-22-15-21(2)35(38,25(14-20)16-22)31-11-7-23(17-29(31)27-10-9-26(36)19-32(27)37)24-8-12-34-30(18-24)28-5-3-4-6-33(28)39-34/h3-12,17-22,25,38H,13-16H2,1-2H3. The van der Waals surface area contributed by atoms with Crippen LogP contribution in [0.2, 0.25) is 10.0 Å². The maximum atomic E-state index is 12.6. The second-order valence-electron chi connectivity index (χ2n) is 12.0. The van der Waals surface area contributed by atoms with Crippen molar-refractivity contribution >= 4 is 45.1 Å². The van der Waals surface area contributed by atoms with Crippen LogP contribution in [-0.4, -0.2) is 5.11 Å². The maximum Gasteiger partial charge on any atom is 0.135 e. The normalized spacial score (nSPS) is 26.8. The summed E-state index contributed by atoms with van der Waals surface area (Å²) >= 11 is 13.1. The fourth-order valence-corrected chi connectivity index (χ4v) is 8.28. The predicted molar refractivity (Wildman–Crippen MR) is 162 cm³/mol. The molecule has 5 unspecified atom stereocenters. The van der Waals surface area contributed by atoms with Crippen LogP contribution in [0.1, 0.15) is 45.1 Å². The lowest BCUT2D eigenvalue weighted by atomic mass is 9.55. The van der Waals surface area contributed by atoms with Crippen molar-refractivity contribution in [2.45, 2.75) is 45.1 Å². The Hall–Kier alpha value is -2.78. The van der Waals surface area contributed by atoms with Gasteiger partial charge in [0.1, 0.15) is 11.2 Å². The first-order chi connectivity index (χ1) is 18.8. The molecule has 1 N–H and O–H groups in total. The molecule has 4 heteroatoms. The van der Waals surface area contributed by atoms with Crippen molar-refractivity contribution in [3.05, 3.63) is 94.5 Å². The van der Waals surface area contributed by atoms with E-state index in [1.807, 2.05) is 36.4 Å². The SMILES string of the molecule is CC1CC2CC(C)C(O)(c3ccc(-c4ccc5oc6ccccc6c5c4)cc3-c3ccc(Cl)cc3Cl)C(C1)C2. The molecule has 5 atom stereocenters. The zero-order valence-electron chi connectivity index (χ0n) is 22.3. The molecule has 7 rings (SSSR count). The Kier molecular flexibility index (Phi) is 6.08. The summed E-state index contributed by atoms with van der Waals surface area (Å²) in [6.07, 6.45) is 4.47. The topological polar surface area (TPSA) is 33.4 Å². The number of benzene rings is 4. The van der Waals surface area contributed by atoms with Crippen molar-refractivity contribution in [2.75, 3.05) is 0 Å². The van der Waals surface area contributed by atoms with E-state index < -0.39 is 5.60 Å². The zero-order valence-corrected chi connectivity index (χ0v) is 23.8. The van der Waals surface area contributed by atoms with E-state index in [1.54, 1.807) is 6.07 Å². The van der Waals surface area contributed by atoms with Crippen molar-refractivity contribution in [3.63, 3.8) is 0 Å². The molecule has 1 aromatic heterocycles. The van der Waals surface area contributed by atoms with Crippen LogP contribution in [0.15, 0.2) is 83.3 Å². The molecule has 39 heavy (non-hydrogen) atoms. The van der Waals surface area contributed by atoms with Crippen LogP contribution in [0.5, 0.6) is 0 Å². The Labute approximate surface area is 239 Å². The van der Waals surface area contributed by atoms with Gasteiger partial charge in [-0.2, -0.15) is 0 Å². The van der Waals surface area contributed by atoms with E-state index >= 15 is 0 Å². The first-order valence-electron chi connectivity index (χ1n) is 14.0. The van der Waals surface area contributed by atoms with Gasteiger partial charge in [0, 0.05) is 26.4 Å². The van der Waals surface area contributed by atoms with E-state index in [0.29, 0.717) is 21.9 Å². The lowest BCUT2D eigenvalue weighted by molar-refractivity contribution is -0.132. The van der Waals surface area contributed by atoms with E-state index in [1.165, 1.54) is 6.42 Å². The second-order valence-corrected chi connectivity index (χ2v) is 12.9. The number of hydrogen-bond acceptors (Lipinski definition) is 2. The molecule has 0 saturated heterocycles. The molecule has 0 amide bonds. The van der Waals surface area contributed by atoms with Gasteiger partial charge in [-0.1, -0.05) is 79.5 Å². The smallest absolute Gasteiger partial charge is 0.135 e. The highest BCUT2D eigenvalue weighted by molar-refractivity contribution is 6.36. The zero-order chi connectivity index (χ0) is 26.9. The van der Waals surface area contributed by atoms with Gasteiger partial charge in [0.2, 0.25) is 0 Å². The number of furan rings is 1. The molecule has 2 aliphatic carbocycles. The molecule has 4 aromatic carbocycles. The van der Waals surface area contributed by atoms with Crippen LogP contribution in [0.25, 0.3) is 44.2 Å². The highest BCUT2D eigenvalue weighted by Crippen LogP contribution is 2.56. The van der Waals surface area contributed by atoms with Gasteiger partial charge >= 0.3 is 0 Å². The third kappa shape index (κ3) is 4.11. The van der Waals surface area contributed by atoms with Crippen LogP contribution in [0.3, 0.4) is 0 Å². The van der Waals surface area contributed by atoms with Gasteiger partial charge in [-0.05, 0) is 108 Å². The number of aliphatic hydroxyl groups is 1. The van der Waals surface area contributed by atoms with Gasteiger partial charge in [0.05, 0.1) is 5.60 Å².